The smallest absolute Gasteiger partial charge is 0.305 e. The lowest BCUT2D eigenvalue weighted by atomic mass is 10.1. The molecular formula is C28H39FO6S. The average Bonchev–Trinajstić information content (AvgIpc) is 2.88. The molecule has 0 spiro atoms. The van der Waals surface area contributed by atoms with Gasteiger partial charge in [0, 0.05) is 6.42 Å². The molecule has 6 nitrogen and oxygen atoms in total. The van der Waals surface area contributed by atoms with Crippen molar-refractivity contribution in [2.75, 3.05) is 13.2 Å². The van der Waals surface area contributed by atoms with Gasteiger partial charge >= 0.3 is 5.97 Å². The van der Waals surface area contributed by atoms with Crippen molar-refractivity contribution in [3.05, 3.63) is 66.0 Å². The van der Waals surface area contributed by atoms with E-state index in [1.807, 2.05) is 30.3 Å². The molecule has 0 bridgehead atoms. The maximum absolute atomic E-state index is 13.1. The first-order chi connectivity index (χ1) is 17.4. The highest BCUT2D eigenvalue weighted by Crippen LogP contribution is 2.15. The Morgan fingerprint density at radius 1 is 0.833 bits per heavy atom. The summed E-state index contributed by atoms with van der Waals surface area (Å²) in [6, 6.07) is 13.7. The lowest BCUT2D eigenvalue weighted by Crippen LogP contribution is -2.28. The van der Waals surface area contributed by atoms with Crippen molar-refractivity contribution < 1.29 is 31.3 Å². The third-order valence-corrected chi connectivity index (χ3v) is 7.05. The van der Waals surface area contributed by atoms with Gasteiger partial charge < -0.3 is 9.47 Å². The van der Waals surface area contributed by atoms with Gasteiger partial charge in [0.2, 0.25) is 0 Å². The standard InChI is InChI=1S/C28H39FO6S/c1-2-3-4-5-6-7-8-9-13-16-28(30)34-22-26(33-21-24-14-11-10-12-15-24)23-35-36(31,32)27-19-17-25(29)18-20-27/h10-12,14-15,17-20,26H,2-9,13,16,21-23H2,1H3/t26-/m1/s1. The van der Waals surface area contributed by atoms with Gasteiger partial charge in [-0.1, -0.05) is 88.6 Å². The summed E-state index contributed by atoms with van der Waals surface area (Å²) in [4.78, 5) is 12.1. The van der Waals surface area contributed by atoms with Crippen LogP contribution in [0.5, 0.6) is 0 Å². The number of benzene rings is 2. The minimum Gasteiger partial charge on any atom is -0.463 e. The van der Waals surface area contributed by atoms with E-state index in [4.69, 9.17) is 13.7 Å². The Bertz CT molecular complexity index is 963. The maximum Gasteiger partial charge on any atom is 0.305 e. The minimum absolute atomic E-state index is 0.123. The lowest BCUT2D eigenvalue weighted by molar-refractivity contribution is -0.149. The SMILES string of the molecule is CCCCCCCCCCCC(=O)OC[C@H](COS(=O)(=O)c1ccc(F)cc1)OCc1ccccc1. The fourth-order valence-corrected chi connectivity index (χ4v) is 4.54. The van der Waals surface area contributed by atoms with Gasteiger partial charge in [0.1, 0.15) is 18.5 Å². The van der Waals surface area contributed by atoms with Gasteiger partial charge in [-0.05, 0) is 36.2 Å². The Kier molecular flexibility index (Phi) is 14.3. The zero-order valence-electron chi connectivity index (χ0n) is 21.2. The van der Waals surface area contributed by atoms with E-state index in [1.165, 1.54) is 38.5 Å². The fourth-order valence-electron chi connectivity index (χ4n) is 3.61. The Labute approximate surface area is 215 Å². The van der Waals surface area contributed by atoms with Crippen LogP contribution in [0.2, 0.25) is 0 Å². The molecule has 1 atom stereocenters. The summed E-state index contributed by atoms with van der Waals surface area (Å²) in [7, 11) is -4.11. The molecule has 0 heterocycles. The molecule has 0 amide bonds. The molecule has 0 N–H and O–H groups in total. The lowest BCUT2D eigenvalue weighted by Gasteiger charge is -2.18. The largest absolute Gasteiger partial charge is 0.463 e. The first-order valence-electron chi connectivity index (χ1n) is 12.9. The van der Waals surface area contributed by atoms with Gasteiger partial charge in [0.05, 0.1) is 18.1 Å². The van der Waals surface area contributed by atoms with Gasteiger partial charge in [-0.2, -0.15) is 8.42 Å². The van der Waals surface area contributed by atoms with Crippen molar-refractivity contribution >= 4 is 16.1 Å². The van der Waals surface area contributed by atoms with E-state index in [9.17, 15) is 17.6 Å². The highest BCUT2D eigenvalue weighted by atomic mass is 32.2. The van der Waals surface area contributed by atoms with Crippen molar-refractivity contribution in [2.24, 2.45) is 0 Å². The van der Waals surface area contributed by atoms with E-state index in [2.05, 4.69) is 6.92 Å². The molecule has 0 unspecified atom stereocenters. The number of unbranched alkanes of at least 4 members (excludes halogenated alkanes) is 8. The highest BCUT2D eigenvalue weighted by Gasteiger charge is 2.21. The van der Waals surface area contributed by atoms with Crippen molar-refractivity contribution in [1.29, 1.82) is 0 Å². The molecule has 2 aromatic rings. The quantitative estimate of drug-likeness (QED) is 0.118. The molecule has 0 aliphatic carbocycles. The molecule has 2 aromatic carbocycles. The molecule has 200 valence electrons. The van der Waals surface area contributed by atoms with E-state index < -0.39 is 22.0 Å². The Morgan fingerprint density at radius 2 is 1.44 bits per heavy atom. The number of carbonyl (C=O) groups is 1. The molecule has 0 fully saturated rings. The molecule has 0 aliphatic rings. The van der Waals surface area contributed by atoms with E-state index in [1.54, 1.807) is 0 Å². The van der Waals surface area contributed by atoms with Gasteiger partial charge in [0.15, 0.2) is 0 Å². The van der Waals surface area contributed by atoms with E-state index in [0.29, 0.717) is 6.42 Å². The number of rotatable bonds is 19. The molecule has 0 aliphatic heterocycles. The summed E-state index contributed by atoms with van der Waals surface area (Å²) in [5, 5.41) is 0. The Hall–Kier alpha value is -2.29. The van der Waals surface area contributed by atoms with Crippen LogP contribution in [0.25, 0.3) is 0 Å². The molecule has 36 heavy (non-hydrogen) atoms. The average molecular weight is 523 g/mol. The second kappa shape index (κ2) is 17.2. The second-order valence-corrected chi connectivity index (χ2v) is 10.5. The number of halogens is 1. The van der Waals surface area contributed by atoms with Crippen LogP contribution in [0.15, 0.2) is 59.5 Å². The number of ether oxygens (including phenoxy) is 2. The van der Waals surface area contributed by atoms with Crippen LogP contribution in [0.3, 0.4) is 0 Å². The zero-order valence-corrected chi connectivity index (χ0v) is 22.0. The van der Waals surface area contributed by atoms with Crippen LogP contribution < -0.4 is 0 Å². The predicted molar refractivity (Wildman–Crippen MR) is 137 cm³/mol. The summed E-state index contributed by atoms with van der Waals surface area (Å²) >= 11 is 0. The first kappa shape index (κ1) is 29.9. The molecule has 0 saturated carbocycles. The molecule has 0 saturated heterocycles. The number of esters is 1. The predicted octanol–water partition coefficient (Wildman–Crippen LogP) is 6.58. The van der Waals surface area contributed by atoms with Crippen LogP contribution in [-0.2, 0) is 35.2 Å². The summed E-state index contributed by atoms with van der Waals surface area (Å²) in [5.41, 5.74) is 0.893. The molecule has 8 heteroatoms. The topological polar surface area (TPSA) is 78.9 Å². The summed E-state index contributed by atoms with van der Waals surface area (Å²) < 4.78 is 54.3. The number of hydrogen-bond acceptors (Lipinski definition) is 6. The second-order valence-electron chi connectivity index (χ2n) is 8.87. The van der Waals surface area contributed by atoms with Gasteiger partial charge in [-0.15, -0.1) is 0 Å². The summed E-state index contributed by atoms with van der Waals surface area (Å²) in [6.07, 6.45) is 9.93. The van der Waals surface area contributed by atoms with Crippen molar-refractivity contribution in [2.45, 2.75) is 88.7 Å². The van der Waals surface area contributed by atoms with Gasteiger partial charge in [0.25, 0.3) is 10.1 Å². The van der Waals surface area contributed by atoms with Gasteiger partial charge in [-0.3, -0.25) is 8.98 Å². The van der Waals surface area contributed by atoms with Crippen molar-refractivity contribution in [3.8, 4) is 0 Å². The summed E-state index contributed by atoms with van der Waals surface area (Å²) in [5.74, 6) is -0.885. The highest BCUT2D eigenvalue weighted by molar-refractivity contribution is 7.86. The van der Waals surface area contributed by atoms with Crippen LogP contribution >= 0.6 is 0 Å². The molecule has 2 rings (SSSR count). The normalized spacial score (nSPS) is 12.4. The van der Waals surface area contributed by atoms with E-state index in [0.717, 1.165) is 49.1 Å². The van der Waals surface area contributed by atoms with E-state index in [-0.39, 0.29) is 30.7 Å². The Morgan fingerprint density at radius 3 is 2.08 bits per heavy atom. The van der Waals surface area contributed by atoms with Gasteiger partial charge in [-0.25, -0.2) is 4.39 Å². The minimum atomic E-state index is -4.11. The van der Waals surface area contributed by atoms with Crippen molar-refractivity contribution in [3.63, 3.8) is 0 Å². The monoisotopic (exact) mass is 522 g/mol. The number of carbonyl (C=O) groups excluding carboxylic acids is 1. The van der Waals surface area contributed by atoms with Crippen LogP contribution in [0, 0.1) is 5.82 Å². The van der Waals surface area contributed by atoms with Crippen molar-refractivity contribution in [1.82, 2.24) is 0 Å². The van der Waals surface area contributed by atoms with Crippen LogP contribution in [0.1, 0.15) is 76.7 Å². The van der Waals surface area contributed by atoms with E-state index >= 15 is 0 Å². The number of hydrogen-bond donors (Lipinski definition) is 0. The third-order valence-electron chi connectivity index (χ3n) is 5.75. The van der Waals surface area contributed by atoms with Crippen LogP contribution in [0.4, 0.5) is 4.39 Å². The summed E-state index contributed by atoms with van der Waals surface area (Å²) in [6.45, 7) is 1.96. The molecule has 0 radical (unpaired) electrons. The maximum atomic E-state index is 13.1. The zero-order chi connectivity index (χ0) is 26.1. The third kappa shape index (κ3) is 12.6. The fraction of sp³-hybridized carbons (Fsp3) is 0.536. The Balaban J connectivity index is 1.77. The molecule has 0 aromatic heterocycles. The first-order valence-corrected chi connectivity index (χ1v) is 14.3. The van der Waals surface area contributed by atoms with Crippen LogP contribution in [-0.4, -0.2) is 33.7 Å². The molecular weight excluding hydrogens is 483 g/mol.